The molecular formula is C13H15NO4. The molecule has 5 nitrogen and oxygen atoms in total. The van der Waals surface area contributed by atoms with Crippen LogP contribution in [-0.2, 0) is 19.1 Å². The minimum absolute atomic E-state index is 0.0850. The molecule has 2 fully saturated rings. The molecule has 1 heterocycles. The third-order valence-electron chi connectivity index (χ3n) is 3.60. The minimum Gasteiger partial charge on any atom is -0.457 e. The second kappa shape index (κ2) is 4.13. The quantitative estimate of drug-likeness (QED) is 0.545. The van der Waals surface area contributed by atoms with Crippen molar-refractivity contribution in [1.29, 1.82) is 5.26 Å². The van der Waals surface area contributed by atoms with Gasteiger partial charge in [-0.3, -0.25) is 4.79 Å². The summed E-state index contributed by atoms with van der Waals surface area (Å²) in [4.78, 5) is 23.3. The van der Waals surface area contributed by atoms with E-state index in [0.29, 0.717) is 18.4 Å². The fourth-order valence-corrected chi connectivity index (χ4v) is 2.65. The van der Waals surface area contributed by atoms with Crippen molar-refractivity contribution in [2.75, 3.05) is 0 Å². The van der Waals surface area contributed by atoms with E-state index in [1.54, 1.807) is 6.92 Å². The summed E-state index contributed by atoms with van der Waals surface area (Å²) >= 11 is 0. The molecule has 1 aliphatic heterocycles. The number of fused-ring (bicyclic) bond motifs is 2. The molecule has 4 atom stereocenters. The van der Waals surface area contributed by atoms with E-state index in [9.17, 15) is 9.59 Å². The highest BCUT2D eigenvalue weighted by atomic mass is 16.6. The Morgan fingerprint density at radius 1 is 1.61 bits per heavy atom. The standard InChI is InChI=1S/C13H15NO4/c1-7(2)11(15)18-10-8(3)4-13(6-14)5-9(10)17-12(13)16/h8-10H,1,4-5H2,2-3H3. The largest absolute Gasteiger partial charge is 0.457 e. The van der Waals surface area contributed by atoms with Crippen LogP contribution in [0, 0.1) is 22.7 Å². The SMILES string of the molecule is C=C(C)C(=O)OC1C(C)CC2(C#N)CC1OC2=O. The summed E-state index contributed by atoms with van der Waals surface area (Å²) < 4.78 is 10.5. The van der Waals surface area contributed by atoms with Crippen LogP contribution in [0.25, 0.3) is 0 Å². The first-order valence-electron chi connectivity index (χ1n) is 5.88. The van der Waals surface area contributed by atoms with Crippen LogP contribution in [0.2, 0.25) is 0 Å². The number of hydrogen-bond donors (Lipinski definition) is 0. The highest BCUT2D eigenvalue weighted by Gasteiger charge is 2.59. The van der Waals surface area contributed by atoms with E-state index in [-0.39, 0.29) is 5.92 Å². The Balaban J connectivity index is 2.18. The van der Waals surface area contributed by atoms with Gasteiger partial charge in [-0.1, -0.05) is 13.5 Å². The summed E-state index contributed by atoms with van der Waals surface area (Å²) in [5, 5.41) is 9.14. The van der Waals surface area contributed by atoms with Crippen molar-refractivity contribution >= 4 is 11.9 Å². The number of rotatable bonds is 2. The third kappa shape index (κ3) is 1.78. The smallest absolute Gasteiger partial charge is 0.333 e. The summed E-state index contributed by atoms with van der Waals surface area (Å²) in [7, 11) is 0. The Labute approximate surface area is 105 Å². The Morgan fingerprint density at radius 3 is 2.83 bits per heavy atom. The Bertz CT molecular complexity index is 464. The van der Waals surface area contributed by atoms with Gasteiger partial charge in [-0.2, -0.15) is 5.26 Å². The van der Waals surface area contributed by atoms with E-state index >= 15 is 0 Å². The van der Waals surface area contributed by atoms with Crippen LogP contribution in [0.5, 0.6) is 0 Å². The number of nitrogens with zero attached hydrogens (tertiary/aromatic N) is 1. The summed E-state index contributed by atoms with van der Waals surface area (Å²) in [6.45, 7) is 6.94. The molecule has 0 amide bonds. The highest BCUT2D eigenvalue weighted by molar-refractivity contribution is 5.87. The average molecular weight is 249 g/mol. The first kappa shape index (κ1) is 12.6. The summed E-state index contributed by atoms with van der Waals surface area (Å²) in [5.74, 6) is -1.06. The van der Waals surface area contributed by atoms with E-state index in [0.717, 1.165) is 0 Å². The zero-order valence-corrected chi connectivity index (χ0v) is 10.4. The van der Waals surface area contributed by atoms with Gasteiger partial charge in [0.1, 0.15) is 12.2 Å². The van der Waals surface area contributed by atoms with E-state index in [2.05, 4.69) is 12.6 Å². The molecule has 2 rings (SSSR count). The molecule has 2 bridgehead atoms. The second-order valence-corrected chi connectivity index (χ2v) is 5.17. The lowest BCUT2D eigenvalue weighted by Crippen LogP contribution is -2.42. The summed E-state index contributed by atoms with van der Waals surface area (Å²) in [6.07, 6.45) is -0.320. The molecule has 1 saturated carbocycles. The molecule has 0 aromatic rings. The molecule has 0 radical (unpaired) electrons. The normalized spacial score (nSPS) is 37.6. The average Bonchev–Trinajstić information content (AvgIpc) is 2.58. The molecule has 0 aromatic heterocycles. The van der Waals surface area contributed by atoms with Crippen LogP contribution in [0.3, 0.4) is 0 Å². The van der Waals surface area contributed by atoms with Crippen LogP contribution >= 0.6 is 0 Å². The van der Waals surface area contributed by atoms with Crippen molar-refractivity contribution in [1.82, 2.24) is 0 Å². The van der Waals surface area contributed by atoms with Crippen LogP contribution < -0.4 is 0 Å². The van der Waals surface area contributed by atoms with Gasteiger partial charge in [0.2, 0.25) is 0 Å². The molecule has 18 heavy (non-hydrogen) atoms. The number of carbonyl (C=O) groups excluding carboxylic acids is 2. The first-order chi connectivity index (χ1) is 8.39. The molecule has 2 aliphatic rings. The van der Waals surface area contributed by atoms with Gasteiger partial charge in [-0.25, -0.2) is 4.79 Å². The second-order valence-electron chi connectivity index (χ2n) is 5.17. The lowest BCUT2D eigenvalue weighted by molar-refractivity contribution is -0.160. The molecule has 5 heteroatoms. The third-order valence-corrected chi connectivity index (χ3v) is 3.60. The fraction of sp³-hybridized carbons (Fsp3) is 0.615. The molecule has 0 spiro atoms. The van der Waals surface area contributed by atoms with E-state index < -0.39 is 29.6 Å². The maximum absolute atomic E-state index is 11.7. The maximum Gasteiger partial charge on any atom is 0.333 e. The molecule has 0 N–H and O–H groups in total. The van der Waals surface area contributed by atoms with Gasteiger partial charge in [-0.05, 0) is 19.3 Å². The van der Waals surface area contributed by atoms with E-state index in [1.807, 2.05) is 6.92 Å². The zero-order valence-electron chi connectivity index (χ0n) is 10.4. The molecule has 4 unspecified atom stereocenters. The van der Waals surface area contributed by atoms with E-state index in [1.165, 1.54) is 0 Å². The van der Waals surface area contributed by atoms with Gasteiger partial charge in [0.05, 0.1) is 6.07 Å². The van der Waals surface area contributed by atoms with Crippen molar-refractivity contribution < 1.29 is 19.1 Å². The highest BCUT2D eigenvalue weighted by Crippen LogP contribution is 2.47. The van der Waals surface area contributed by atoms with Gasteiger partial charge < -0.3 is 9.47 Å². The molecular weight excluding hydrogens is 234 g/mol. The van der Waals surface area contributed by atoms with Gasteiger partial charge in [0.25, 0.3) is 0 Å². The van der Waals surface area contributed by atoms with Gasteiger partial charge in [0.15, 0.2) is 5.41 Å². The van der Waals surface area contributed by atoms with Crippen LogP contribution in [0.4, 0.5) is 0 Å². The van der Waals surface area contributed by atoms with Crippen molar-refractivity contribution in [3.05, 3.63) is 12.2 Å². The van der Waals surface area contributed by atoms with Gasteiger partial charge in [0, 0.05) is 12.0 Å². The Morgan fingerprint density at radius 2 is 2.28 bits per heavy atom. The van der Waals surface area contributed by atoms with Crippen molar-refractivity contribution in [2.45, 2.75) is 38.9 Å². The van der Waals surface area contributed by atoms with Gasteiger partial charge >= 0.3 is 11.9 Å². The number of carbonyl (C=O) groups is 2. The van der Waals surface area contributed by atoms with Crippen LogP contribution in [0.1, 0.15) is 26.7 Å². The molecule has 1 aliphatic carbocycles. The van der Waals surface area contributed by atoms with Gasteiger partial charge in [-0.15, -0.1) is 0 Å². The topological polar surface area (TPSA) is 76.4 Å². The fourth-order valence-electron chi connectivity index (χ4n) is 2.65. The van der Waals surface area contributed by atoms with E-state index in [4.69, 9.17) is 14.7 Å². The monoisotopic (exact) mass is 249 g/mol. The molecule has 0 aromatic carbocycles. The van der Waals surface area contributed by atoms with Crippen molar-refractivity contribution in [2.24, 2.45) is 11.3 Å². The Kier molecular flexibility index (Phi) is 2.89. The number of hydrogen-bond acceptors (Lipinski definition) is 5. The first-order valence-corrected chi connectivity index (χ1v) is 5.88. The molecule has 96 valence electrons. The maximum atomic E-state index is 11.7. The number of nitriles is 1. The number of esters is 2. The van der Waals surface area contributed by atoms with Crippen LogP contribution in [-0.4, -0.2) is 24.1 Å². The summed E-state index contributed by atoms with van der Waals surface area (Å²) in [6, 6.07) is 2.05. The molecule has 1 saturated heterocycles. The Hall–Kier alpha value is -1.83. The minimum atomic E-state index is -1.05. The van der Waals surface area contributed by atoms with Crippen molar-refractivity contribution in [3.8, 4) is 6.07 Å². The lowest BCUT2D eigenvalue weighted by atomic mass is 9.70. The van der Waals surface area contributed by atoms with Crippen molar-refractivity contribution in [3.63, 3.8) is 0 Å². The van der Waals surface area contributed by atoms with Crippen LogP contribution in [0.15, 0.2) is 12.2 Å². The summed E-state index contributed by atoms with van der Waals surface area (Å²) in [5.41, 5.74) is -0.736. The zero-order chi connectivity index (χ0) is 13.5. The predicted molar refractivity (Wildman–Crippen MR) is 61.0 cm³/mol. The predicted octanol–water partition coefficient (Wildman–Crippen LogP) is 1.34. The lowest BCUT2D eigenvalue weighted by Gasteiger charge is -2.33. The number of ether oxygens (including phenoxy) is 2.